The fourth-order valence-corrected chi connectivity index (χ4v) is 3.21. The van der Waals surface area contributed by atoms with Crippen molar-refractivity contribution in [1.82, 2.24) is 19.7 Å². The van der Waals surface area contributed by atoms with Gasteiger partial charge in [0.1, 0.15) is 0 Å². The second-order valence-electron chi connectivity index (χ2n) is 4.60. The molecule has 104 valence electrons. The predicted octanol–water partition coefficient (Wildman–Crippen LogP) is 0.853. The summed E-state index contributed by atoms with van der Waals surface area (Å²) < 4.78 is 26.2. The fourth-order valence-electron chi connectivity index (χ4n) is 1.99. The zero-order valence-corrected chi connectivity index (χ0v) is 11.6. The first kappa shape index (κ1) is 12.7. The van der Waals surface area contributed by atoms with Crippen LogP contribution in [0.2, 0.25) is 0 Å². The van der Waals surface area contributed by atoms with Crippen LogP contribution >= 0.6 is 0 Å². The first-order valence-electron chi connectivity index (χ1n) is 5.89. The number of rotatable bonds is 3. The normalized spacial score (nSPS) is 12.1. The summed E-state index contributed by atoms with van der Waals surface area (Å²) in [7, 11) is -1.80. The molecular formula is C12H13N5O2S. The van der Waals surface area contributed by atoms with Crippen LogP contribution in [0.5, 0.6) is 0 Å². The monoisotopic (exact) mass is 291 g/mol. The zero-order chi connectivity index (χ0) is 14.3. The largest absolute Gasteiger partial charge is 0.399 e. The molecule has 3 N–H and O–H groups in total. The molecule has 0 unspecified atom stereocenters. The molecule has 1 aromatic carbocycles. The summed E-state index contributed by atoms with van der Waals surface area (Å²) in [6.45, 7) is 0. The van der Waals surface area contributed by atoms with Gasteiger partial charge in [0.2, 0.25) is 15.0 Å². The molecule has 8 heteroatoms. The maximum atomic E-state index is 12.3. The SMILES string of the molecule is Cn1cc(CS(=O)(=O)c2nc3ccc(N)cc3[nH]2)cn1. The van der Waals surface area contributed by atoms with Crippen molar-refractivity contribution < 1.29 is 8.42 Å². The molecule has 2 aromatic heterocycles. The van der Waals surface area contributed by atoms with E-state index < -0.39 is 9.84 Å². The van der Waals surface area contributed by atoms with Crippen LogP contribution in [0.25, 0.3) is 11.0 Å². The number of nitrogens with two attached hydrogens (primary N) is 1. The predicted molar refractivity (Wildman–Crippen MR) is 74.6 cm³/mol. The van der Waals surface area contributed by atoms with Crippen molar-refractivity contribution in [3.05, 3.63) is 36.2 Å². The Bertz CT molecular complexity index is 878. The van der Waals surface area contributed by atoms with E-state index in [9.17, 15) is 8.42 Å². The lowest BCUT2D eigenvalue weighted by molar-refractivity contribution is 0.588. The minimum absolute atomic E-state index is 0.0537. The molecule has 0 spiro atoms. The van der Waals surface area contributed by atoms with Gasteiger partial charge in [0.05, 0.1) is 23.0 Å². The van der Waals surface area contributed by atoms with Crippen LogP contribution in [-0.2, 0) is 22.6 Å². The van der Waals surface area contributed by atoms with E-state index in [0.717, 1.165) is 0 Å². The number of hydrogen-bond acceptors (Lipinski definition) is 5. The smallest absolute Gasteiger partial charge is 0.226 e. The molecule has 0 fully saturated rings. The number of H-pyrrole nitrogens is 1. The van der Waals surface area contributed by atoms with E-state index >= 15 is 0 Å². The lowest BCUT2D eigenvalue weighted by Gasteiger charge is -1.97. The van der Waals surface area contributed by atoms with Gasteiger partial charge in [-0.3, -0.25) is 4.68 Å². The molecule has 7 nitrogen and oxygen atoms in total. The third-order valence-electron chi connectivity index (χ3n) is 2.89. The van der Waals surface area contributed by atoms with Crippen molar-refractivity contribution in [1.29, 1.82) is 0 Å². The molecule has 2 heterocycles. The van der Waals surface area contributed by atoms with Gasteiger partial charge in [-0.25, -0.2) is 13.4 Å². The number of anilines is 1. The summed E-state index contributed by atoms with van der Waals surface area (Å²) in [6.07, 6.45) is 3.19. The fraction of sp³-hybridized carbons (Fsp3) is 0.167. The van der Waals surface area contributed by atoms with E-state index in [2.05, 4.69) is 15.1 Å². The van der Waals surface area contributed by atoms with Crippen molar-refractivity contribution in [3.8, 4) is 0 Å². The van der Waals surface area contributed by atoms with Gasteiger partial charge in [0, 0.05) is 24.5 Å². The number of fused-ring (bicyclic) bond motifs is 1. The molecule has 3 rings (SSSR count). The molecule has 20 heavy (non-hydrogen) atoms. The maximum Gasteiger partial charge on any atom is 0.226 e. The molecule has 0 atom stereocenters. The third kappa shape index (κ3) is 2.25. The Morgan fingerprint density at radius 1 is 1.40 bits per heavy atom. The summed E-state index contributed by atoms with van der Waals surface area (Å²) in [4.78, 5) is 6.90. The molecule has 3 aromatic rings. The van der Waals surface area contributed by atoms with Gasteiger partial charge in [0.15, 0.2) is 0 Å². The Morgan fingerprint density at radius 2 is 2.20 bits per heavy atom. The average Bonchev–Trinajstić information content (AvgIpc) is 2.95. The highest BCUT2D eigenvalue weighted by atomic mass is 32.2. The lowest BCUT2D eigenvalue weighted by atomic mass is 10.3. The topological polar surface area (TPSA) is 107 Å². The van der Waals surface area contributed by atoms with Gasteiger partial charge in [-0.05, 0) is 18.2 Å². The summed E-state index contributed by atoms with van der Waals surface area (Å²) in [5.41, 5.74) is 8.01. The number of aromatic amines is 1. The first-order chi connectivity index (χ1) is 9.44. The minimum atomic E-state index is -3.54. The van der Waals surface area contributed by atoms with E-state index in [1.807, 2.05) is 0 Å². The molecule has 0 bridgehead atoms. The third-order valence-corrected chi connectivity index (χ3v) is 4.39. The van der Waals surface area contributed by atoms with Crippen molar-refractivity contribution in [3.63, 3.8) is 0 Å². The second-order valence-corrected chi connectivity index (χ2v) is 6.50. The van der Waals surface area contributed by atoms with Crippen LogP contribution in [0, 0.1) is 0 Å². The highest BCUT2D eigenvalue weighted by Gasteiger charge is 2.20. The number of hydrogen-bond donors (Lipinski definition) is 2. The number of aryl methyl sites for hydroxylation is 1. The summed E-state index contributed by atoms with van der Waals surface area (Å²) in [6, 6.07) is 5.02. The van der Waals surface area contributed by atoms with E-state index in [4.69, 9.17) is 5.73 Å². The number of sulfone groups is 1. The zero-order valence-electron chi connectivity index (χ0n) is 10.7. The Hall–Kier alpha value is -2.35. The Balaban J connectivity index is 2.00. The van der Waals surface area contributed by atoms with Gasteiger partial charge in [-0.1, -0.05) is 0 Å². The van der Waals surface area contributed by atoms with Crippen LogP contribution in [0.3, 0.4) is 0 Å². The molecule has 0 radical (unpaired) electrons. The van der Waals surface area contributed by atoms with Crippen LogP contribution in [0.4, 0.5) is 5.69 Å². The highest BCUT2D eigenvalue weighted by Crippen LogP contribution is 2.19. The number of aromatic nitrogens is 4. The summed E-state index contributed by atoms with van der Waals surface area (Å²) in [5, 5.41) is 3.90. The maximum absolute atomic E-state index is 12.3. The molecule has 0 aliphatic heterocycles. The Kier molecular flexibility index (Phi) is 2.75. The van der Waals surface area contributed by atoms with Crippen LogP contribution in [0.15, 0.2) is 35.7 Å². The van der Waals surface area contributed by atoms with Crippen LogP contribution in [0.1, 0.15) is 5.56 Å². The first-order valence-corrected chi connectivity index (χ1v) is 7.55. The average molecular weight is 291 g/mol. The van der Waals surface area contributed by atoms with E-state index in [1.165, 1.54) is 6.20 Å². The highest BCUT2D eigenvalue weighted by molar-refractivity contribution is 7.90. The van der Waals surface area contributed by atoms with Gasteiger partial charge in [-0.2, -0.15) is 5.10 Å². The van der Waals surface area contributed by atoms with Crippen molar-refractivity contribution in [2.45, 2.75) is 10.9 Å². The Morgan fingerprint density at radius 3 is 2.90 bits per heavy atom. The van der Waals surface area contributed by atoms with Crippen molar-refractivity contribution >= 4 is 26.6 Å². The number of nitrogens with zero attached hydrogens (tertiary/aromatic N) is 3. The van der Waals surface area contributed by atoms with E-state index in [1.54, 1.807) is 36.1 Å². The summed E-state index contributed by atoms with van der Waals surface area (Å²) in [5.74, 6) is -0.143. The Labute approximate surface area is 115 Å². The molecule has 0 aliphatic rings. The number of benzene rings is 1. The lowest BCUT2D eigenvalue weighted by Crippen LogP contribution is -2.06. The van der Waals surface area contributed by atoms with E-state index in [0.29, 0.717) is 22.3 Å². The van der Waals surface area contributed by atoms with E-state index in [-0.39, 0.29) is 10.9 Å². The van der Waals surface area contributed by atoms with Crippen LogP contribution < -0.4 is 5.73 Å². The number of nitrogen functional groups attached to an aromatic ring is 1. The molecule has 0 saturated carbocycles. The minimum Gasteiger partial charge on any atom is -0.399 e. The van der Waals surface area contributed by atoms with Gasteiger partial charge >= 0.3 is 0 Å². The van der Waals surface area contributed by atoms with Crippen LogP contribution in [-0.4, -0.2) is 28.2 Å². The van der Waals surface area contributed by atoms with Crippen molar-refractivity contribution in [2.24, 2.45) is 7.05 Å². The number of nitrogens with one attached hydrogen (secondary N) is 1. The van der Waals surface area contributed by atoms with Crippen molar-refractivity contribution in [2.75, 3.05) is 5.73 Å². The molecule has 0 aliphatic carbocycles. The molecule has 0 saturated heterocycles. The van der Waals surface area contributed by atoms with Gasteiger partial charge < -0.3 is 10.7 Å². The molecule has 0 amide bonds. The molecular weight excluding hydrogens is 278 g/mol. The van der Waals surface area contributed by atoms with Gasteiger partial charge in [-0.15, -0.1) is 0 Å². The summed E-state index contributed by atoms with van der Waals surface area (Å²) >= 11 is 0. The quantitative estimate of drug-likeness (QED) is 0.696. The van der Waals surface area contributed by atoms with Gasteiger partial charge in [0.25, 0.3) is 0 Å². The standard InChI is InChI=1S/C12H13N5O2S/c1-17-6-8(5-14-17)7-20(18,19)12-15-10-3-2-9(13)4-11(10)16-12/h2-6H,7,13H2,1H3,(H,15,16). The second kappa shape index (κ2) is 4.34. The number of imidazole rings is 1.